The Morgan fingerprint density at radius 2 is 1.88 bits per heavy atom. The van der Waals surface area contributed by atoms with Crippen molar-refractivity contribution in [1.82, 2.24) is 10.2 Å². The summed E-state index contributed by atoms with van der Waals surface area (Å²) in [5.41, 5.74) is 0. The average Bonchev–Trinajstić information content (AvgIpc) is 3.14. The minimum atomic E-state index is 0.750. The van der Waals surface area contributed by atoms with Gasteiger partial charge in [-0.25, -0.2) is 0 Å². The summed E-state index contributed by atoms with van der Waals surface area (Å²) in [4.78, 5) is 2.84. The maximum Gasteiger partial charge on any atom is 0.0224 e. The second-order valence-electron chi connectivity index (χ2n) is 6.82. The van der Waals surface area contributed by atoms with E-state index in [9.17, 15) is 0 Å². The van der Waals surface area contributed by atoms with Gasteiger partial charge in [-0.1, -0.05) is 19.8 Å². The quantitative estimate of drug-likeness (QED) is 0.793. The molecule has 0 bridgehead atoms. The maximum absolute atomic E-state index is 3.77. The van der Waals surface area contributed by atoms with Crippen molar-refractivity contribution >= 4 is 0 Å². The molecular weight excluding hydrogens is 208 g/mol. The summed E-state index contributed by atoms with van der Waals surface area (Å²) in [6.07, 6.45) is 8.76. The summed E-state index contributed by atoms with van der Waals surface area (Å²) in [5, 5.41) is 3.77. The third-order valence-electron chi connectivity index (χ3n) is 5.22. The Labute approximate surface area is 106 Å². The summed E-state index contributed by atoms with van der Waals surface area (Å²) < 4.78 is 0. The Morgan fingerprint density at radius 3 is 2.59 bits per heavy atom. The molecule has 0 radical (unpaired) electrons. The summed E-state index contributed by atoms with van der Waals surface area (Å²) in [6, 6.07) is 2.45. The fraction of sp³-hybridized carbons (Fsp3) is 1.00. The van der Waals surface area contributed by atoms with Crippen molar-refractivity contribution in [3.05, 3.63) is 0 Å². The fourth-order valence-corrected chi connectivity index (χ4v) is 3.94. The number of nitrogens with zero attached hydrogens (tertiary/aromatic N) is 1. The Hall–Kier alpha value is -0.0800. The predicted molar refractivity (Wildman–Crippen MR) is 72.1 cm³/mol. The van der Waals surface area contributed by atoms with Gasteiger partial charge in [-0.15, -0.1) is 0 Å². The van der Waals surface area contributed by atoms with Gasteiger partial charge in [0.1, 0.15) is 0 Å². The minimum Gasteiger partial charge on any atom is -0.311 e. The number of nitrogens with one attached hydrogen (secondary N) is 1. The number of hydrogen-bond donors (Lipinski definition) is 1. The van der Waals surface area contributed by atoms with Crippen LogP contribution in [0.1, 0.15) is 52.4 Å². The SMILES string of the molecule is CC1CCCC(N2CC(C3CC3)NCC2C)C1. The molecule has 0 amide bonds. The van der Waals surface area contributed by atoms with E-state index in [0.717, 1.165) is 30.0 Å². The molecule has 2 heteroatoms. The van der Waals surface area contributed by atoms with Crippen molar-refractivity contribution in [3.8, 4) is 0 Å². The average molecular weight is 236 g/mol. The van der Waals surface area contributed by atoms with Crippen LogP contribution in [-0.2, 0) is 0 Å². The fourth-order valence-electron chi connectivity index (χ4n) is 3.94. The van der Waals surface area contributed by atoms with Crippen LogP contribution in [0.2, 0.25) is 0 Å². The lowest BCUT2D eigenvalue weighted by Crippen LogP contribution is -2.59. The highest BCUT2D eigenvalue weighted by molar-refractivity contribution is 4.96. The van der Waals surface area contributed by atoms with Gasteiger partial charge in [0.05, 0.1) is 0 Å². The van der Waals surface area contributed by atoms with Gasteiger partial charge in [-0.3, -0.25) is 4.90 Å². The van der Waals surface area contributed by atoms with Gasteiger partial charge in [0.2, 0.25) is 0 Å². The molecule has 2 aliphatic carbocycles. The van der Waals surface area contributed by atoms with Crippen LogP contribution in [0.25, 0.3) is 0 Å². The third kappa shape index (κ3) is 2.68. The Bertz CT molecular complexity index is 262. The number of rotatable bonds is 2. The molecule has 1 N–H and O–H groups in total. The molecular formula is C15H28N2. The lowest BCUT2D eigenvalue weighted by Gasteiger charge is -2.46. The van der Waals surface area contributed by atoms with Gasteiger partial charge >= 0.3 is 0 Å². The van der Waals surface area contributed by atoms with Crippen molar-refractivity contribution < 1.29 is 0 Å². The lowest BCUT2D eigenvalue weighted by molar-refractivity contribution is 0.0545. The van der Waals surface area contributed by atoms with Gasteiger partial charge in [0.25, 0.3) is 0 Å². The first-order valence-electron chi connectivity index (χ1n) is 7.73. The molecule has 98 valence electrons. The van der Waals surface area contributed by atoms with E-state index in [4.69, 9.17) is 0 Å². The monoisotopic (exact) mass is 236 g/mol. The molecule has 1 heterocycles. The molecule has 0 aromatic heterocycles. The van der Waals surface area contributed by atoms with E-state index in [-0.39, 0.29) is 0 Å². The van der Waals surface area contributed by atoms with Crippen molar-refractivity contribution in [2.45, 2.75) is 70.5 Å². The van der Waals surface area contributed by atoms with E-state index in [2.05, 4.69) is 24.1 Å². The van der Waals surface area contributed by atoms with E-state index in [1.54, 1.807) is 0 Å². The zero-order chi connectivity index (χ0) is 11.8. The second-order valence-corrected chi connectivity index (χ2v) is 6.82. The van der Waals surface area contributed by atoms with Crippen LogP contribution >= 0.6 is 0 Å². The molecule has 1 aliphatic heterocycles. The first kappa shape index (κ1) is 12.0. The second kappa shape index (κ2) is 4.89. The molecule has 3 fully saturated rings. The molecule has 17 heavy (non-hydrogen) atoms. The van der Waals surface area contributed by atoms with Crippen LogP contribution in [0.15, 0.2) is 0 Å². The maximum atomic E-state index is 3.77. The summed E-state index contributed by atoms with van der Waals surface area (Å²) in [6.45, 7) is 7.39. The van der Waals surface area contributed by atoms with Crippen LogP contribution in [0.3, 0.4) is 0 Å². The zero-order valence-electron chi connectivity index (χ0n) is 11.5. The Balaban J connectivity index is 1.62. The lowest BCUT2D eigenvalue weighted by atomic mass is 9.85. The molecule has 0 aromatic carbocycles. The van der Waals surface area contributed by atoms with Gasteiger partial charge < -0.3 is 5.32 Å². The van der Waals surface area contributed by atoms with E-state index >= 15 is 0 Å². The first-order chi connectivity index (χ1) is 8.24. The van der Waals surface area contributed by atoms with Crippen molar-refractivity contribution in [2.75, 3.05) is 13.1 Å². The van der Waals surface area contributed by atoms with Crippen molar-refractivity contribution in [3.63, 3.8) is 0 Å². The zero-order valence-corrected chi connectivity index (χ0v) is 11.5. The topological polar surface area (TPSA) is 15.3 Å². The molecule has 1 saturated heterocycles. The van der Waals surface area contributed by atoms with Crippen LogP contribution in [-0.4, -0.2) is 36.1 Å². The van der Waals surface area contributed by atoms with Crippen molar-refractivity contribution in [2.24, 2.45) is 11.8 Å². The van der Waals surface area contributed by atoms with Gasteiger partial charge in [0, 0.05) is 31.2 Å². The van der Waals surface area contributed by atoms with Gasteiger partial charge in [-0.2, -0.15) is 0 Å². The van der Waals surface area contributed by atoms with Crippen LogP contribution in [0.5, 0.6) is 0 Å². The molecule has 3 rings (SSSR count). The Morgan fingerprint density at radius 1 is 1.06 bits per heavy atom. The Kier molecular flexibility index (Phi) is 3.45. The molecule has 2 saturated carbocycles. The summed E-state index contributed by atoms with van der Waals surface area (Å²) >= 11 is 0. The first-order valence-corrected chi connectivity index (χ1v) is 7.73. The van der Waals surface area contributed by atoms with E-state index in [1.807, 2.05) is 0 Å². The highest BCUT2D eigenvalue weighted by Crippen LogP contribution is 2.36. The van der Waals surface area contributed by atoms with Gasteiger partial charge in [-0.05, 0) is 44.4 Å². The van der Waals surface area contributed by atoms with Crippen molar-refractivity contribution in [1.29, 1.82) is 0 Å². The van der Waals surface area contributed by atoms with E-state index in [0.29, 0.717) is 0 Å². The number of hydrogen-bond acceptors (Lipinski definition) is 2. The van der Waals surface area contributed by atoms with Crippen LogP contribution < -0.4 is 5.32 Å². The molecule has 4 unspecified atom stereocenters. The van der Waals surface area contributed by atoms with E-state index < -0.39 is 0 Å². The molecule has 0 spiro atoms. The molecule has 2 nitrogen and oxygen atoms in total. The van der Waals surface area contributed by atoms with E-state index in [1.165, 1.54) is 51.6 Å². The third-order valence-corrected chi connectivity index (χ3v) is 5.22. The summed E-state index contributed by atoms with van der Waals surface area (Å²) in [5.74, 6) is 1.96. The molecule has 4 atom stereocenters. The highest BCUT2D eigenvalue weighted by atomic mass is 15.3. The largest absolute Gasteiger partial charge is 0.311 e. The predicted octanol–water partition coefficient (Wildman–Crippen LogP) is 2.64. The number of piperazine rings is 1. The molecule has 0 aromatic rings. The standard InChI is InChI=1S/C15H28N2/c1-11-4-3-5-14(8-11)17-10-15(13-6-7-13)16-9-12(17)2/h11-16H,3-10H2,1-2H3. The smallest absolute Gasteiger partial charge is 0.0224 e. The van der Waals surface area contributed by atoms with Crippen LogP contribution in [0.4, 0.5) is 0 Å². The minimum absolute atomic E-state index is 0.750. The summed E-state index contributed by atoms with van der Waals surface area (Å²) in [7, 11) is 0. The highest BCUT2D eigenvalue weighted by Gasteiger charge is 2.38. The normalized spacial score (nSPS) is 44.8. The van der Waals surface area contributed by atoms with Gasteiger partial charge in [0.15, 0.2) is 0 Å². The molecule has 3 aliphatic rings. The van der Waals surface area contributed by atoms with Crippen LogP contribution in [0, 0.1) is 11.8 Å².